The number of hydrogen-bond donors (Lipinski definition) is 1. The van der Waals surface area contributed by atoms with Crippen LogP contribution in [0.2, 0.25) is 0 Å². The summed E-state index contributed by atoms with van der Waals surface area (Å²) in [4.78, 5) is 27.3. The number of ether oxygens (including phenoxy) is 1. The molecule has 1 rings (SSSR count). The molecule has 1 fully saturated rings. The number of aliphatic carboxylic acids is 1. The number of carbonyl (C=O) groups excluding carboxylic acids is 1. The van der Waals surface area contributed by atoms with Gasteiger partial charge >= 0.3 is 5.97 Å². The van der Waals surface area contributed by atoms with E-state index >= 15 is 0 Å². The van der Waals surface area contributed by atoms with Crippen LogP contribution in [0, 0.1) is 0 Å². The van der Waals surface area contributed by atoms with Crippen LogP contribution in [0.3, 0.4) is 0 Å². The van der Waals surface area contributed by atoms with Crippen molar-refractivity contribution in [2.24, 2.45) is 0 Å². The lowest BCUT2D eigenvalue weighted by molar-refractivity contribution is -0.154. The molecule has 0 aromatic carbocycles. The van der Waals surface area contributed by atoms with Crippen LogP contribution in [0.5, 0.6) is 0 Å². The fraction of sp³-hybridized carbons (Fsp3) is 0.867. The van der Waals surface area contributed by atoms with Gasteiger partial charge in [-0.2, -0.15) is 0 Å². The van der Waals surface area contributed by atoms with E-state index in [1.807, 2.05) is 6.92 Å². The van der Waals surface area contributed by atoms with Gasteiger partial charge in [-0.05, 0) is 45.8 Å². The SMILES string of the molecule is CCN(CC)CCCN(CC)C(=O)[C@@H]1CC[C@H](C(=O)O)O1. The molecular weight excluding hydrogens is 272 g/mol. The molecule has 1 heterocycles. The molecule has 122 valence electrons. The minimum Gasteiger partial charge on any atom is -0.479 e. The molecule has 0 spiro atoms. The Morgan fingerprint density at radius 1 is 1.05 bits per heavy atom. The van der Waals surface area contributed by atoms with E-state index in [4.69, 9.17) is 9.84 Å². The van der Waals surface area contributed by atoms with Crippen LogP contribution in [-0.2, 0) is 14.3 Å². The highest BCUT2D eigenvalue weighted by atomic mass is 16.5. The second-order valence-corrected chi connectivity index (χ2v) is 5.33. The van der Waals surface area contributed by atoms with Crippen molar-refractivity contribution < 1.29 is 19.4 Å². The van der Waals surface area contributed by atoms with Gasteiger partial charge in [0.25, 0.3) is 5.91 Å². The number of nitrogens with zero attached hydrogens (tertiary/aromatic N) is 2. The van der Waals surface area contributed by atoms with Crippen molar-refractivity contribution >= 4 is 11.9 Å². The average Bonchev–Trinajstić information content (AvgIpc) is 2.97. The molecule has 1 amide bonds. The Labute approximate surface area is 127 Å². The minimum atomic E-state index is -0.977. The normalized spacial score (nSPS) is 21.7. The van der Waals surface area contributed by atoms with Gasteiger partial charge in [-0.25, -0.2) is 4.79 Å². The average molecular weight is 300 g/mol. The van der Waals surface area contributed by atoms with E-state index in [0.717, 1.165) is 26.1 Å². The van der Waals surface area contributed by atoms with Gasteiger partial charge in [-0.3, -0.25) is 4.79 Å². The number of carboxylic acid groups (broad SMARTS) is 1. The van der Waals surface area contributed by atoms with Crippen LogP contribution >= 0.6 is 0 Å². The molecule has 1 aliphatic heterocycles. The lowest BCUT2D eigenvalue weighted by Crippen LogP contribution is -2.41. The molecule has 6 nitrogen and oxygen atoms in total. The topological polar surface area (TPSA) is 70.1 Å². The quantitative estimate of drug-likeness (QED) is 0.693. The number of amides is 1. The summed E-state index contributed by atoms with van der Waals surface area (Å²) in [6, 6.07) is 0. The molecule has 2 atom stereocenters. The lowest BCUT2D eigenvalue weighted by atomic mass is 10.1. The lowest BCUT2D eigenvalue weighted by Gasteiger charge is -2.25. The molecule has 21 heavy (non-hydrogen) atoms. The first-order chi connectivity index (χ1) is 10.0. The monoisotopic (exact) mass is 300 g/mol. The molecule has 0 aliphatic carbocycles. The highest BCUT2D eigenvalue weighted by Crippen LogP contribution is 2.21. The predicted octanol–water partition coefficient (Wildman–Crippen LogP) is 1.20. The van der Waals surface area contributed by atoms with Crippen molar-refractivity contribution in [1.82, 2.24) is 9.80 Å². The van der Waals surface area contributed by atoms with Crippen molar-refractivity contribution in [3.63, 3.8) is 0 Å². The third-order valence-corrected chi connectivity index (χ3v) is 4.06. The molecule has 0 aromatic heterocycles. The van der Waals surface area contributed by atoms with Gasteiger partial charge < -0.3 is 19.6 Å². The summed E-state index contributed by atoms with van der Waals surface area (Å²) >= 11 is 0. The Hall–Kier alpha value is -1.14. The number of carbonyl (C=O) groups is 2. The molecule has 1 saturated heterocycles. The number of carboxylic acids is 1. The van der Waals surface area contributed by atoms with Gasteiger partial charge in [0.2, 0.25) is 0 Å². The zero-order valence-electron chi connectivity index (χ0n) is 13.4. The third-order valence-electron chi connectivity index (χ3n) is 4.06. The molecule has 0 saturated carbocycles. The largest absolute Gasteiger partial charge is 0.479 e. The molecule has 0 aromatic rings. The predicted molar refractivity (Wildman–Crippen MR) is 80.2 cm³/mol. The Morgan fingerprint density at radius 3 is 2.14 bits per heavy atom. The van der Waals surface area contributed by atoms with Crippen LogP contribution in [0.1, 0.15) is 40.0 Å². The molecule has 0 radical (unpaired) electrons. The summed E-state index contributed by atoms with van der Waals surface area (Å²) in [5.74, 6) is -1.05. The molecular formula is C15H28N2O4. The maximum atomic E-state index is 12.4. The van der Waals surface area contributed by atoms with E-state index in [0.29, 0.717) is 25.9 Å². The summed E-state index contributed by atoms with van der Waals surface area (Å²) in [5.41, 5.74) is 0. The van der Waals surface area contributed by atoms with Gasteiger partial charge in [0.1, 0.15) is 6.10 Å². The molecule has 0 unspecified atom stereocenters. The highest BCUT2D eigenvalue weighted by molar-refractivity contribution is 5.82. The van der Waals surface area contributed by atoms with Crippen molar-refractivity contribution in [1.29, 1.82) is 0 Å². The van der Waals surface area contributed by atoms with E-state index in [1.165, 1.54) is 0 Å². The summed E-state index contributed by atoms with van der Waals surface area (Å²) in [7, 11) is 0. The summed E-state index contributed by atoms with van der Waals surface area (Å²) in [5, 5.41) is 8.91. The van der Waals surface area contributed by atoms with E-state index in [2.05, 4.69) is 18.7 Å². The Kier molecular flexibility index (Phi) is 7.67. The number of likely N-dealkylation sites (N-methyl/N-ethyl adjacent to an activating group) is 1. The van der Waals surface area contributed by atoms with Crippen LogP contribution in [0.25, 0.3) is 0 Å². The van der Waals surface area contributed by atoms with Gasteiger partial charge in [0, 0.05) is 13.1 Å². The van der Waals surface area contributed by atoms with Crippen molar-refractivity contribution in [3.05, 3.63) is 0 Å². The molecule has 1 N–H and O–H groups in total. The summed E-state index contributed by atoms with van der Waals surface area (Å²) in [6.07, 6.45) is 0.439. The van der Waals surface area contributed by atoms with E-state index < -0.39 is 18.2 Å². The van der Waals surface area contributed by atoms with Gasteiger partial charge in [-0.1, -0.05) is 13.8 Å². The molecule has 6 heteroatoms. The molecule has 0 bridgehead atoms. The van der Waals surface area contributed by atoms with Gasteiger partial charge in [-0.15, -0.1) is 0 Å². The van der Waals surface area contributed by atoms with Crippen molar-refractivity contribution in [2.75, 3.05) is 32.7 Å². The van der Waals surface area contributed by atoms with E-state index in [-0.39, 0.29) is 5.91 Å². The summed E-state index contributed by atoms with van der Waals surface area (Å²) < 4.78 is 5.34. The zero-order valence-corrected chi connectivity index (χ0v) is 13.4. The van der Waals surface area contributed by atoms with Gasteiger partial charge in [0.15, 0.2) is 6.10 Å². The van der Waals surface area contributed by atoms with Crippen LogP contribution < -0.4 is 0 Å². The highest BCUT2D eigenvalue weighted by Gasteiger charge is 2.36. The minimum absolute atomic E-state index is 0.0687. The Bertz CT molecular complexity index is 345. The number of rotatable bonds is 9. The van der Waals surface area contributed by atoms with E-state index in [9.17, 15) is 9.59 Å². The van der Waals surface area contributed by atoms with Crippen LogP contribution in [-0.4, -0.2) is 71.7 Å². The first kappa shape index (κ1) is 17.9. The van der Waals surface area contributed by atoms with Crippen LogP contribution in [0.15, 0.2) is 0 Å². The van der Waals surface area contributed by atoms with E-state index in [1.54, 1.807) is 4.90 Å². The maximum absolute atomic E-state index is 12.4. The zero-order chi connectivity index (χ0) is 15.8. The smallest absolute Gasteiger partial charge is 0.332 e. The second-order valence-electron chi connectivity index (χ2n) is 5.33. The fourth-order valence-electron chi connectivity index (χ4n) is 2.65. The second kappa shape index (κ2) is 9.00. The first-order valence-corrected chi connectivity index (χ1v) is 7.92. The Balaban J connectivity index is 2.41. The standard InChI is InChI=1S/C15H28N2O4/c1-4-16(5-2)10-7-11-17(6-3)14(18)12-8-9-13(21-12)15(19)20/h12-13H,4-11H2,1-3H3,(H,19,20)/t12-,13+/m0/s1. The Morgan fingerprint density at radius 2 is 1.67 bits per heavy atom. The fourth-order valence-corrected chi connectivity index (χ4v) is 2.65. The van der Waals surface area contributed by atoms with Crippen molar-refractivity contribution in [2.45, 2.75) is 52.2 Å². The molecule has 1 aliphatic rings. The van der Waals surface area contributed by atoms with Gasteiger partial charge in [0.05, 0.1) is 0 Å². The van der Waals surface area contributed by atoms with Crippen LogP contribution in [0.4, 0.5) is 0 Å². The summed E-state index contributed by atoms with van der Waals surface area (Å²) in [6.45, 7) is 10.5. The van der Waals surface area contributed by atoms with Crippen molar-refractivity contribution in [3.8, 4) is 0 Å². The first-order valence-electron chi connectivity index (χ1n) is 7.92. The maximum Gasteiger partial charge on any atom is 0.332 e. The third kappa shape index (κ3) is 5.28. The number of hydrogen-bond acceptors (Lipinski definition) is 4.